The van der Waals surface area contributed by atoms with Gasteiger partial charge in [-0.3, -0.25) is 0 Å². The molecule has 2 aromatic rings. The van der Waals surface area contributed by atoms with Gasteiger partial charge in [0.1, 0.15) is 17.5 Å². The molecule has 0 bridgehead atoms. The van der Waals surface area contributed by atoms with E-state index >= 15 is 0 Å². The number of fused-ring (bicyclic) bond motifs is 1. The van der Waals surface area contributed by atoms with Crippen molar-refractivity contribution >= 4 is 40.6 Å². The van der Waals surface area contributed by atoms with Gasteiger partial charge in [0.2, 0.25) is 5.28 Å². The smallest absolute Gasteiger partial charge is 0.425 e. The molecule has 3 heterocycles. The quantitative estimate of drug-likeness (QED) is 0.0803. The number of carbonyl (C=O) groups excluding carboxylic acids is 2. The second-order valence-corrected chi connectivity index (χ2v) is 12.6. The summed E-state index contributed by atoms with van der Waals surface area (Å²) in [6.45, 7) is 6.68. The summed E-state index contributed by atoms with van der Waals surface area (Å²) in [5.41, 5.74) is -0.265. The van der Waals surface area contributed by atoms with Crippen molar-refractivity contribution < 1.29 is 23.8 Å². The SMILES string of the molecule is C#CC1(C)CCC(n2ccc3c(N(C(=O)OCCCCCCCCCC)C(=O)OCCCCCCCCCC)nc(Cl)nc32)O1. The van der Waals surface area contributed by atoms with E-state index in [9.17, 15) is 9.59 Å². The first kappa shape index (κ1) is 36.6. The van der Waals surface area contributed by atoms with E-state index in [0.29, 0.717) is 36.7 Å². The molecule has 250 valence electrons. The van der Waals surface area contributed by atoms with E-state index in [2.05, 4.69) is 29.7 Å². The minimum atomic E-state index is -0.847. The van der Waals surface area contributed by atoms with Crippen LogP contribution >= 0.6 is 11.6 Å². The van der Waals surface area contributed by atoms with Gasteiger partial charge in [0.05, 0.1) is 18.6 Å². The van der Waals surface area contributed by atoms with E-state index in [1.165, 1.54) is 64.2 Å². The average Bonchev–Trinajstić information content (AvgIpc) is 3.63. The fourth-order valence-electron chi connectivity index (χ4n) is 5.68. The molecule has 0 radical (unpaired) electrons. The molecule has 1 aliphatic heterocycles. The molecule has 3 rings (SSSR count). The third-order valence-electron chi connectivity index (χ3n) is 8.43. The molecule has 9 nitrogen and oxygen atoms in total. The highest BCUT2D eigenvalue weighted by Gasteiger charge is 2.37. The Hall–Kier alpha value is -2.83. The number of hydrogen-bond donors (Lipinski definition) is 0. The number of ether oxygens (including phenoxy) is 3. The lowest BCUT2D eigenvalue weighted by Gasteiger charge is -2.21. The van der Waals surface area contributed by atoms with Gasteiger partial charge in [-0.05, 0) is 50.3 Å². The van der Waals surface area contributed by atoms with Crippen LogP contribution in [-0.4, -0.2) is 45.5 Å². The number of rotatable bonds is 20. The normalized spacial score (nSPS) is 17.8. The number of terminal acetylenes is 1. The van der Waals surface area contributed by atoms with Crippen LogP contribution in [0.15, 0.2) is 12.3 Å². The third-order valence-corrected chi connectivity index (χ3v) is 8.60. The molecule has 0 N–H and O–H groups in total. The van der Waals surface area contributed by atoms with Gasteiger partial charge in [0.15, 0.2) is 5.82 Å². The van der Waals surface area contributed by atoms with Gasteiger partial charge in [0, 0.05) is 6.20 Å². The van der Waals surface area contributed by atoms with E-state index in [-0.39, 0.29) is 30.5 Å². The van der Waals surface area contributed by atoms with Gasteiger partial charge >= 0.3 is 12.2 Å². The van der Waals surface area contributed by atoms with Crippen LogP contribution in [0.2, 0.25) is 5.28 Å². The zero-order valence-corrected chi connectivity index (χ0v) is 28.4. The van der Waals surface area contributed by atoms with Gasteiger partial charge in [-0.25, -0.2) is 9.59 Å². The van der Waals surface area contributed by atoms with Crippen molar-refractivity contribution in [2.24, 2.45) is 0 Å². The second-order valence-electron chi connectivity index (χ2n) is 12.3. The summed E-state index contributed by atoms with van der Waals surface area (Å²) >= 11 is 6.37. The number of imide groups is 1. The summed E-state index contributed by atoms with van der Waals surface area (Å²) in [7, 11) is 0. The maximum absolute atomic E-state index is 13.4. The number of anilines is 1. The van der Waals surface area contributed by atoms with Gasteiger partial charge in [-0.1, -0.05) is 110 Å². The summed E-state index contributed by atoms with van der Waals surface area (Å²) < 4.78 is 19.1. The van der Waals surface area contributed by atoms with Gasteiger partial charge in [-0.2, -0.15) is 14.9 Å². The van der Waals surface area contributed by atoms with E-state index in [4.69, 9.17) is 32.2 Å². The average molecular weight is 645 g/mol. The van der Waals surface area contributed by atoms with Crippen LogP contribution in [-0.2, 0) is 14.2 Å². The van der Waals surface area contributed by atoms with E-state index in [1.807, 2.05) is 11.5 Å². The molecule has 1 aliphatic rings. The third kappa shape index (κ3) is 11.5. The number of aromatic nitrogens is 3. The van der Waals surface area contributed by atoms with Crippen LogP contribution in [0.5, 0.6) is 0 Å². The van der Waals surface area contributed by atoms with Crippen LogP contribution in [0.3, 0.4) is 0 Å². The molecule has 1 fully saturated rings. The zero-order valence-electron chi connectivity index (χ0n) is 27.7. The molecule has 0 aromatic carbocycles. The van der Waals surface area contributed by atoms with Crippen LogP contribution in [0.25, 0.3) is 11.0 Å². The maximum Gasteiger partial charge on any atom is 0.425 e. The summed E-state index contributed by atoms with van der Waals surface area (Å²) in [5.74, 6) is 2.73. The van der Waals surface area contributed by atoms with Crippen LogP contribution in [0.4, 0.5) is 15.4 Å². The molecule has 1 saturated heterocycles. The van der Waals surface area contributed by atoms with Gasteiger partial charge in [-0.15, -0.1) is 6.42 Å². The highest BCUT2D eigenvalue weighted by atomic mass is 35.5. The topological polar surface area (TPSA) is 95.8 Å². The second kappa shape index (κ2) is 19.6. The Bertz CT molecular complexity index is 1210. The molecule has 0 aliphatic carbocycles. The number of nitrogens with zero attached hydrogens (tertiary/aromatic N) is 4. The van der Waals surface area contributed by atoms with Crippen molar-refractivity contribution in [1.29, 1.82) is 0 Å². The number of carbonyl (C=O) groups is 2. The molecule has 2 amide bonds. The minimum Gasteiger partial charge on any atom is -0.449 e. The molecule has 2 atom stereocenters. The Labute approximate surface area is 274 Å². The predicted octanol–water partition coefficient (Wildman–Crippen LogP) is 10.1. The van der Waals surface area contributed by atoms with E-state index in [0.717, 1.165) is 30.6 Å². The van der Waals surface area contributed by atoms with Crippen molar-refractivity contribution in [3.63, 3.8) is 0 Å². The van der Waals surface area contributed by atoms with Crippen LogP contribution in [0.1, 0.15) is 143 Å². The lowest BCUT2D eigenvalue weighted by molar-refractivity contribution is -0.0248. The molecule has 2 unspecified atom stereocenters. The first-order valence-corrected chi connectivity index (χ1v) is 17.5. The largest absolute Gasteiger partial charge is 0.449 e. The number of unbranched alkanes of at least 4 members (excludes halogenated alkanes) is 14. The Kier molecular flexibility index (Phi) is 16.0. The number of halogens is 1. The standard InChI is InChI=1S/C35H53ClN4O5/c1-5-8-10-12-14-16-18-20-26-43-33(41)40(34(42)44-27-21-19-17-15-13-11-9-6-2)31-28-23-25-39(30(28)37-32(36)38-31)29-22-24-35(4,7-3)45-29/h3,23,25,29H,5-6,8-22,24,26-27H2,1-2,4H3. The molecule has 10 heteroatoms. The Morgan fingerprint density at radius 3 is 1.93 bits per heavy atom. The van der Waals surface area contributed by atoms with E-state index < -0.39 is 17.8 Å². The zero-order chi connectivity index (χ0) is 32.5. The first-order chi connectivity index (χ1) is 21.8. The molecular weight excluding hydrogens is 592 g/mol. The summed E-state index contributed by atoms with van der Waals surface area (Å²) in [5, 5.41) is 0.331. The highest BCUT2D eigenvalue weighted by molar-refractivity contribution is 6.29. The predicted molar refractivity (Wildman–Crippen MR) is 180 cm³/mol. The Morgan fingerprint density at radius 1 is 0.933 bits per heavy atom. The van der Waals surface area contributed by atoms with Crippen molar-refractivity contribution in [3.8, 4) is 12.3 Å². The van der Waals surface area contributed by atoms with Gasteiger partial charge in [0.25, 0.3) is 0 Å². The number of hydrogen-bond acceptors (Lipinski definition) is 7. The molecule has 0 spiro atoms. The van der Waals surface area contributed by atoms with Gasteiger partial charge < -0.3 is 18.8 Å². The molecular formula is C35H53ClN4O5. The van der Waals surface area contributed by atoms with Crippen molar-refractivity contribution in [2.75, 3.05) is 18.1 Å². The van der Waals surface area contributed by atoms with Crippen molar-refractivity contribution in [2.45, 2.75) is 148 Å². The minimum absolute atomic E-state index is 0.0170. The molecule has 2 aromatic heterocycles. The fourth-order valence-corrected chi connectivity index (χ4v) is 5.84. The fraction of sp³-hybridized carbons (Fsp3) is 0.714. The Morgan fingerprint density at radius 2 is 1.44 bits per heavy atom. The van der Waals surface area contributed by atoms with Crippen LogP contribution in [0, 0.1) is 12.3 Å². The number of amides is 2. The van der Waals surface area contributed by atoms with Crippen molar-refractivity contribution in [3.05, 3.63) is 17.5 Å². The molecule has 0 saturated carbocycles. The monoisotopic (exact) mass is 644 g/mol. The van der Waals surface area contributed by atoms with E-state index in [1.54, 1.807) is 12.3 Å². The Balaban J connectivity index is 1.69. The summed E-state index contributed by atoms with van der Waals surface area (Å²) in [6.07, 6.45) is 24.6. The highest BCUT2D eigenvalue weighted by Crippen LogP contribution is 2.38. The molecule has 45 heavy (non-hydrogen) atoms. The summed E-state index contributed by atoms with van der Waals surface area (Å²) in [4.78, 5) is 36.4. The lowest BCUT2D eigenvalue weighted by atomic mass is 10.0. The lowest BCUT2D eigenvalue weighted by Crippen LogP contribution is -2.39. The maximum atomic E-state index is 13.4. The first-order valence-electron chi connectivity index (χ1n) is 17.2. The summed E-state index contributed by atoms with van der Waals surface area (Å²) in [6, 6.07) is 1.74. The van der Waals surface area contributed by atoms with Crippen molar-refractivity contribution in [1.82, 2.24) is 14.5 Å². The van der Waals surface area contributed by atoms with Crippen LogP contribution < -0.4 is 4.90 Å².